The van der Waals surface area contributed by atoms with Crippen LogP contribution in [0.25, 0.3) is 0 Å². The Balaban J connectivity index is 1.64. The SMILES string of the molecule is CC(C)c1ccccc1NC(=O)c1cccc(S(=O)(=O)N2CCCc3ccccc32)c1. The van der Waals surface area contributed by atoms with Crippen molar-refractivity contribution in [3.05, 3.63) is 89.5 Å². The van der Waals surface area contributed by atoms with Crippen LogP contribution < -0.4 is 9.62 Å². The van der Waals surface area contributed by atoms with Crippen molar-refractivity contribution >= 4 is 27.3 Å². The number of fused-ring (bicyclic) bond motifs is 1. The maximum Gasteiger partial charge on any atom is 0.264 e. The standard InChI is InChI=1S/C25H26N2O3S/c1-18(2)22-13-4-5-14-23(22)26-25(28)20-10-7-12-21(17-20)31(29,30)27-16-8-11-19-9-3-6-15-24(19)27/h3-7,9-10,12-15,17-18H,8,11,16H2,1-2H3,(H,26,28). The fourth-order valence-electron chi connectivity index (χ4n) is 3.98. The maximum absolute atomic E-state index is 13.4. The Morgan fingerprint density at radius 1 is 0.968 bits per heavy atom. The molecule has 1 N–H and O–H groups in total. The molecule has 160 valence electrons. The van der Waals surface area contributed by atoms with E-state index in [2.05, 4.69) is 19.2 Å². The van der Waals surface area contributed by atoms with Crippen molar-refractivity contribution in [1.82, 2.24) is 0 Å². The second-order valence-corrected chi connectivity index (χ2v) is 9.90. The van der Waals surface area contributed by atoms with Gasteiger partial charge in [0.05, 0.1) is 10.6 Å². The number of carbonyl (C=O) groups is 1. The van der Waals surface area contributed by atoms with Crippen molar-refractivity contribution in [1.29, 1.82) is 0 Å². The summed E-state index contributed by atoms with van der Waals surface area (Å²) in [4.78, 5) is 13.0. The van der Waals surface area contributed by atoms with E-state index in [0.29, 0.717) is 12.1 Å². The van der Waals surface area contributed by atoms with Crippen molar-refractivity contribution in [3.63, 3.8) is 0 Å². The van der Waals surface area contributed by atoms with Gasteiger partial charge in [-0.15, -0.1) is 0 Å². The molecule has 0 spiro atoms. The van der Waals surface area contributed by atoms with Crippen LogP contribution in [0, 0.1) is 0 Å². The fraction of sp³-hybridized carbons (Fsp3) is 0.240. The molecule has 0 unspecified atom stereocenters. The topological polar surface area (TPSA) is 66.5 Å². The minimum absolute atomic E-state index is 0.119. The van der Waals surface area contributed by atoms with Gasteiger partial charge in [0.1, 0.15) is 0 Å². The third-order valence-corrected chi connectivity index (χ3v) is 7.39. The van der Waals surface area contributed by atoms with E-state index >= 15 is 0 Å². The van der Waals surface area contributed by atoms with Gasteiger partial charge in [-0.2, -0.15) is 0 Å². The lowest BCUT2D eigenvalue weighted by molar-refractivity contribution is 0.102. The predicted molar refractivity (Wildman–Crippen MR) is 124 cm³/mol. The zero-order valence-electron chi connectivity index (χ0n) is 17.7. The summed E-state index contributed by atoms with van der Waals surface area (Å²) < 4.78 is 28.3. The zero-order chi connectivity index (χ0) is 22.0. The smallest absolute Gasteiger partial charge is 0.264 e. The number of sulfonamides is 1. The van der Waals surface area contributed by atoms with E-state index in [1.807, 2.05) is 48.5 Å². The molecule has 0 fully saturated rings. The van der Waals surface area contributed by atoms with E-state index in [-0.39, 0.29) is 16.7 Å². The van der Waals surface area contributed by atoms with Crippen LogP contribution >= 0.6 is 0 Å². The van der Waals surface area contributed by atoms with Crippen LogP contribution in [-0.4, -0.2) is 20.9 Å². The van der Waals surface area contributed by atoms with Crippen LogP contribution in [0.5, 0.6) is 0 Å². The van der Waals surface area contributed by atoms with Gasteiger partial charge < -0.3 is 5.32 Å². The molecule has 0 saturated carbocycles. The van der Waals surface area contributed by atoms with Gasteiger partial charge in [-0.25, -0.2) is 8.42 Å². The van der Waals surface area contributed by atoms with Crippen LogP contribution in [0.1, 0.15) is 47.7 Å². The average Bonchev–Trinajstić information content (AvgIpc) is 2.79. The summed E-state index contributed by atoms with van der Waals surface area (Å²) in [5.74, 6) is -0.0772. The molecule has 3 aromatic rings. The zero-order valence-corrected chi connectivity index (χ0v) is 18.5. The van der Waals surface area contributed by atoms with Crippen molar-refractivity contribution < 1.29 is 13.2 Å². The normalized spacial score (nSPS) is 13.7. The molecule has 3 aromatic carbocycles. The number of hydrogen-bond donors (Lipinski definition) is 1. The van der Waals surface area contributed by atoms with Gasteiger partial charge in [0.2, 0.25) is 0 Å². The molecule has 0 radical (unpaired) electrons. The summed E-state index contributed by atoms with van der Waals surface area (Å²) in [6.07, 6.45) is 1.63. The number of benzene rings is 3. The van der Waals surface area contributed by atoms with Gasteiger partial charge in [-0.1, -0.05) is 56.3 Å². The predicted octanol–water partition coefficient (Wildman–Crippen LogP) is 5.20. The molecule has 0 aromatic heterocycles. The summed E-state index contributed by atoms with van der Waals surface area (Å²) in [6, 6.07) is 21.5. The first-order chi connectivity index (χ1) is 14.9. The lowest BCUT2D eigenvalue weighted by atomic mass is 10.0. The molecule has 1 aliphatic rings. The Labute approximate surface area is 183 Å². The highest BCUT2D eigenvalue weighted by Gasteiger charge is 2.29. The molecule has 31 heavy (non-hydrogen) atoms. The second kappa shape index (κ2) is 8.55. The molecule has 0 atom stereocenters. The average molecular weight is 435 g/mol. The summed E-state index contributed by atoms with van der Waals surface area (Å²) >= 11 is 0. The number of amides is 1. The Morgan fingerprint density at radius 3 is 2.52 bits per heavy atom. The Morgan fingerprint density at radius 2 is 1.71 bits per heavy atom. The van der Waals surface area contributed by atoms with Gasteiger partial charge >= 0.3 is 0 Å². The number of nitrogens with zero attached hydrogens (tertiary/aromatic N) is 1. The quantitative estimate of drug-likeness (QED) is 0.600. The lowest BCUT2D eigenvalue weighted by Gasteiger charge is -2.30. The number of rotatable bonds is 5. The minimum atomic E-state index is -3.77. The van der Waals surface area contributed by atoms with Gasteiger partial charge in [-0.05, 0) is 60.2 Å². The maximum atomic E-state index is 13.4. The lowest BCUT2D eigenvalue weighted by Crippen LogP contribution is -2.35. The Bertz CT molecular complexity index is 1220. The fourth-order valence-corrected chi connectivity index (χ4v) is 5.57. The second-order valence-electron chi connectivity index (χ2n) is 8.03. The molecule has 1 heterocycles. The minimum Gasteiger partial charge on any atom is -0.322 e. The summed E-state index contributed by atoms with van der Waals surface area (Å²) in [5, 5.41) is 2.93. The highest BCUT2D eigenvalue weighted by molar-refractivity contribution is 7.92. The summed E-state index contributed by atoms with van der Waals surface area (Å²) in [7, 11) is -3.77. The Hall–Kier alpha value is -3.12. The van der Waals surface area contributed by atoms with Crippen molar-refractivity contribution in [3.8, 4) is 0 Å². The third kappa shape index (κ3) is 4.21. The molecular formula is C25H26N2O3S. The largest absolute Gasteiger partial charge is 0.322 e. The van der Waals surface area contributed by atoms with E-state index < -0.39 is 10.0 Å². The molecule has 1 aliphatic heterocycles. The van der Waals surface area contributed by atoms with E-state index in [1.165, 1.54) is 10.4 Å². The van der Waals surface area contributed by atoms with Crippen molar-refractivity contribution in [2.24, 2.45) is 0 Å². The molecule has 0 bridgehead atoms. The van der Waals surface area contributed by atoms with E-state index in [0.717, 1.165) is 35.3 Å². The summed E-state index contributed by atoms with van der Waals surface area (Å²) in [5.41, 5.74) is 3.82. The highest BCUT2D eigenvalue weighted by Crippen LogP contribution is 2.32. The molecule has 5 nitrogen and oxygen atoms in total. The molecule has 0 aliphatic carbocycles. The molecule has 6 heteroatoms. The molecular weight excluding hydrogens is 408 g/mol. The molecule has 0 saturated heterocycles. The third-order valence-electron chi connectivity index (χ3n) is 5.58. The molecule has 4 rings (SSSR count). The molecule has 1 amide bonds. The van der Waals surface area contributed by atoms with Gasteiger partial charge in [-0.3, -0.25) is 9.10 Å². The van der Waals surface area contributed by atoms with Crippen LogP contribution in [0.2, 0.25) is 0 Å². The monoisotopic (exact) mass is 434 g/mol. The first-order valence-corrected chi connectivity index (χ1v) is 11.9. The van der Waals surface area contributed by atoms with Crippen LogP contribution in [-0.2, 0) is 16.4 Å². The van der Waals surface area contributed by atoms with E-state index in [9.17, 15) is 13.2 Å². The van der Waals surface area contributed by atoms with Crippen LogP contribution in [0.15, 0.2) is 77.7 Å². The number of hydrogen-bond acceptors (Lipinski definition) is 3. The van der Waals surface area contributed by atoms with Gasteiger partial charge in [0, 0.05) is 17.8 Å². The number of carbonyl (C=O) groups excluding carboxylic acids is 1. The highest BCUT2D eigenvalue weighted by atomic mass is 32.2. The Kier molecular flexibility index (Phi) is 5.83. The number of anilines is 2. The number of aryl methyl sites for hydroxylation is 1. The summed E-state index contributed by atoms with van der Waals surface area (Å²) in [6.45, 7) is 4.56. The van der Waals surface area contributed by atoms with E-state index in [1.54, 1.807) is 18.2 Å². The first-order valence-electron chi connectivity index (χ1n) is 10.5. The van der Waals surface area contributed by atoms with E-state index in [4.69, 9.17) is 0 Å². The van der Waals surface area contributed by atoms with Crippen LogP contribution in [0.3, 0.4) is 0 Å². The van der Waals surface area contributed by atoms with Crippen molar-refractivity contribution in [2.45, 2.75) is 37.5 Å². The van der Waals surface area contributed by atoms with Crippen LogP contribution in [0.4, 0.5) is 11.4 Å². The van der Waals surface area contributed by atoms with Gasteiger partial charge in [0.25, 0.3) is 15.9 Å². The number of para-hydroxylation sites is 2. The van der Waals surface area contributed by atoms with Gasteiger partial charge in [0.15, 0.2) is 0 Å². The first kappa shape index (κ1) is 21.1. The van der Waals surface area contributed by atoms with Crippen molar-refractivity contribution in [2.75, 3.05) is 16.2 Å². The number of nitrogens with one attached hydrogen (secondary N) is 1.